The summed E-state index contributed by atoms with van der Waals surface area (Å²) in [6.45, 7) is 0. The topological polar surface area (TPSA) is 66.4 Å². The number of hydrogen-bond acceptors (Lipinski definition) is 3. The van der Waals surface area contributed by atoms with E-state index in [4.69, 9.17) is 23.2 Å². The first-order valence-corrected chi connectivity index (χ1v) is 9.54. The van der Waals surface area contributed by atoms with Crippen LogP contribution in [-0.2, 0) is 4.79 Å². The second kappa shape index (κ2) is 8.56. The molecule has 0 spiro atoms. The lowest BCUT2D eigenvalue weighted by Crippen LogP contribution is -2.13. The van der Waals surface area contributed by atoms with Crippen molar-refractivity contribution in [2.75, 3.05) is 5.32 Å². The van der Waals surface area contributed by atoms with Crippen molar-refractivity contribution in [3.05, 3.63) is 80.9 Å². The van der Waals surface area contributed by atoms with Gasteiger partial charge in [0.05, 0.1) is 0 Å². The van der Waals surface area contributed by atoms with Crippen LogP contribution in [0.1, 0.15) is 15.9 Å². The number of amides is 1. The van der Waals surface area contributed by atoms with Crippen molar-refractivity contribution in [1.29, 1.82) is 0 Å². The molecule has 1 aromatic heterocycles. The van der Waals surface area contributed by atoms with Gasteiger partial charge in [0.1, 0.15) is 10.6 Å². The summed E-state index contributed by atoms with van der Waals surface area (Å²) in [5.74, 6) is -3.39. The average Bonchev–Trinajstić information content (AvgIpc) is 3.08. The fourth-order valence-corrected chi connectivity index (χ4v) is 3.73. The van der Waals surface area contributed by atoms with Crippen molar-refractivity contribution >= 4 is 57.5 Å². The molecule has 8 heteroatoms. The van der Waals surface area contributed by atoms with Crippen LogP contribution in [0.15, 0.2) is 59.7 Å². The summed E-state index contributed by atoms with van der Waals surface area (Å²) in [4.78, 5) is 23.9. The van der Waals surface area contributed by atoms with Crippen LogP contribution in [0, 0.1) is 0 Å². The Hall–Kier alpha value is -2.67. The summed E-state index contributed by atoms with van der Waals surface area (Å²) in [7, 11) is 0. The zero-order chi connectivity index (χ0) is 20.3. The highest BCUT2D eigenvalue weighted by atomic mass is 35.5. The second-order valence-corrected chi connectivity index (χ2v) is 7.36. The Kier molecular flexibility index (Phi) is 6.14. The normalized spacial score (nSPS) is 11.3. The van der Waals surface area contributed by atoms with Gasteiger partial charge < -0.3 is 10.4 Å². The average molecular weight is 436 g/mol. The van der Waals surface area contributed by atoms with E-state index in [-0.39, 0.29) is 15.6 Å². The maximum absolute atomic E-state index is 14.3. The van der Waals surface area contributed by atoms with Crippen molar-refractivity contribution in [3.8, 4) is 11.1 Å². The minimum Gasteiger partial charge on any atom is -0.478 e. The Balaban J connectivity index is 1.90. The van der Waals surface area contributed by atoms with Gasteiger partial charge in [0, 0.05) is 21.0 Å². The lowest BCUT2D eigenvalue weighted by Gasteiger charge is -2.06. The van der Waals surface area contributed by atoms with Crippen molar-refractivity contribution in [2.24, 2.45) is 0 Å². The zero-order valence-electron chi connectivity index (χ0n) is 14.1. The molecule has 0 radical (unpaired) electrons. The quantitative estimate of drug-likeness (QED) is 0.457. The zero-order valence-corrected chi connectivity index (χ0v) is 16.4. The molecule has 0 saturated heterocycles. The predicted molar refractivity (Wildman–Crippen MR) is 111 cm³/mol. The van der Waals surface area contributed by atoms with Crippen LogP contribution in [-0.4, -0.2) is 17.0 Å². The second-order valence-electron chi connectivity index (χ2n) is 5.63. The van der Waals surface area contributed by atoms with Gasteiger partial charge in [0.2, 0.25) is 0 Å². The van der Waals surface area contributed by atoms with Crippen molar-refractivity contribution in [1.82, 2.24) is 0 Å². The molecule has 3 aromatic rings. The standard InChI is InChI=1S/C20H12Cl2FNO3S/c21-13-7-5-11(6-8-13)14-10-28-19(17(14)20(26)27)24-18(25)16(23)9-12-3-1-2-4-15(12)22/h1-10H,(H,24,25)(H,26,27)/b16-9-. The van der Waals surface area contributed by atoms with Crippen LogP contribution in [0.4, 0.5) is 9.39 Å². The molecule has 1 heterocycles. The summed E-state index contributed by atoms with van der Waals surface area (Å²) in [5, 5.41) is 14.3. The molecule has 0 aliphatic carbocycles. The van der Waals surface area contributed by atoms with Crippen LogP contribution in [0.5, 0.6) is 0 Å². The number of carbonyl (C=O) groups excluding carboxylic acids is 1. The molecular formula is C20H12Cl2FNO3S. The first-order chi connectivity index (χ1) is 13.4. The lowest BCUT2D eigenvalue weighted by atomic mass is 10.0. The molecule has 4 nitrogen and oxygen atoms in total. The van der Waals surface area contributed by atoms with Gasteiger partial charge in [0.25, 0.3) is 5.91 Å². The number of anilines is 1. The molecule has 0 saturated carbocycles. The van der Waals surface area contributed by atoms with Crippen molar-refractivity contribution < 1.29 is 19.1 Å². The Morgan fingerprint density at radius 3 is 2.39 bits per heavy atom. The molecule has 3 rings (SSSR count). The third-order valence-corrected chi connectivity index (χ3v) is 5.28. The SMILES string of the molecule is O=C(Nc1scc(-c2ccc(Cl)cc2)c1C(=O)O)/C(F)=C/c1ccccc1Cl. The Morgan fingerprint density at radius 2 is 1.75 bits per heavy atom. The van der Waals surface area contributed by atoms with Gasteiger partial charge in [-0.3, -0.25) is 4.79 Å². The van der Waals surface area contributed by atoms with Gasteiger partial charge in [-0.05, 0) is 35.4 Å². The molecule has 28 heavy (non-hydrogen) atoms. The highest BCUT2D eigenvalue weighted by Crippen LogP contribution is 2.36. The van der Waals surface area contributed by atoms with E-state index in [0.29, 0.717) is 21.7 Å². The Labute approximate surface area is 173 Å². The minimum absolute atomic E-state index is 0.0326. The molecule has 2 N–H and O–H groups in total. The van der Waals surface area contributed by atoms with E-state index in [9.17, 15) is 19.1 Å². The van der Waals surface area contributed by atoms with Gasteiger partial charge in [0.15, 0.2) is 5.83 Å². The van der Waals surface area contributed by atoms with Crippen LogP contribution < -0.4 is 5.32 Å². The molecule has 2 aromatic carbocycles. The number of halogens is 3. The first-order valence-electron chi connectivity index (χ1n) is 7.90. The van der Waals surface area contributed by atoms with Crippen LogP contribution in [0.3, 0.4) is 0 Å². The monoisotopic (exact) mass is 435 g/mol. The van der Waals surface area contributed by atoms with E-state index in [1.165, 1.54) is 0 Å². The molecule has 0 atom stereocenters. The van der Waals surface area contributed by atoms with E-state index < -0.39 is 17.7 Å². The van der Waals surface area contributed by atoms with Crippen molar-refractivity contribution in [2.45, 2.75) is 0 Å². The number of carboxylic acids is 1. The van der Waals surface area contributed by atoms with E-state index in [0.717, 1.165) is 17.4 Å². The summed E-state index contributed by atoms with van der Waals surface area (Å²) in [6.07, 6.45) is 0.992. The smallest absolute Gasteiger partial charge is 0.339 e. The molecule has 0 bridgehead atoms. The third-order valence-electron chi connectivity index (χ3n) is 3.79. The first kappa shape index (κ1) is 20.1. The van der Waals surface area contributed by atoms with E-state index in [2.05, 4.69) is 5.32 Å². The molecule has 142 valence electrons. The largest absolute Gasteiger partial charge is 0.478 e. The van der Waals surface area contributed by atoms with E-state index in [1.807, 2.05) is 0 Å². The van der Waals surface area contributed by atoms with Gasteiger partial charge in [-0.15, -0.1) is 11.3 Å². The van der Waals surface area contributed by atoms with Crippen LogP contribution in [0.25, 0.3) is 17.2 Å². The number of rotatable bonds is 5. The highest BCUT2D eigenvalue weighted by molar-refractivity contribution is 7.15. The summed E-state index contributed by atoms with van der Waals surface area (Å²) in [6, 6.07) is 13.1. The molecule has 1 amide bonds. The fraction of sp³-hybridized carbons (Fsp3) is 0. The van der Waals surface area contributed by atoms with Crippen LogP contribution in [0.2, 0.25) is 10.0 Å². The number of carboxylic acid groups (broad SMARTS) is 1. The lowest BCUT2D eigenvalue weighted by molar-refractivity contribution is -0.114. The molecule has 0 aliphatic heterocycles. The minimum atomic E-state index is -1.24. The predicted octanol–water partition coefficient (Wildman–Crippen LogP) is 6.37. The van der Waals surface area contributed by atoms with Crippen LogP contribution >= 0.6 is 34.5 Å². The van der Waals surface area contributed by atoms with Crippen molar-refractivity contribution in [3.63, 3.8) is 0 Å². The fourth-order valence-electron chi connectivity index (χ4n) is 2.46. The molecule has 0 fully saturated rings. The summed E-state index contributed by atoms with van der Waals surface area (Å²) < 4.78 is 14.3. The number of carbonyl (C=O) groups is 2. The number of thiophene rings is 1. The molecular weight excluding hydrogens is 424 g/mol. The number of hydrogen-bond donors (Lipinski definition) is 2. The number of nitrogens with one attached hydrogen (secondary N) is 1. The van der Waals surface area contributed by atoms with Gasteiger partial charge >= 0.3 is 5.97 Å². The van der Waals surface area contributed by atoms with Gasteiger partial charge in [-0.25, -0.2) is 9.18 Å². The maximum Gasteiger partial charge on any atom is 0.339 e. The Morgan fingerprint density at radius 1 is 1.07 bits per heavy atom. The molecule has 0 unspecified atom stereocenters. The third kappa shape index (κ3) is 4.42. The van der Waals surface area contributed by atoms with Gasteiger partial charge in [-0.1, -0.05) is 53.5 Å². The number of benzene rings is 2. The summed E-state index contributed by atoms with van der Waals surface area (Å²) in [5.41, 5.74) is 1.24. The molecule has 0 aliphatic rings. The maximum atomic E-state index is 14.3. The van der Waals surface area contributed by atoms with E-state index >= 15 is 0 Å². The summed E-state index contributed by atoms with van der Waals surface area (Å²) >= 11 is 12.8. The number of aromatic carboxylic acids is 1. The van der Waals surface area contributed by atoms with Gasteiger partial charge in [-0.2, -0.15) is 0 Å². The highest BCUT2D eigenvalue weighted by Gasteiger charge is 2.22. The van der Waals surface area contributed by atoms with E-state index in [1.54, 1.807) is 53.9 Å². The Bertz CT molecular complexity index is 1080.